The molecule has 3 heterocycles. The van der Waals surface area contributed by atoms with Gasteiger partial charge in [-0.25, -0.2) is 0 Å². The molecule has 1 saturated heterocycles. The number of hydrogen-bond acceptors (Lipinski definition) is 4. The highest BCUT2D eigenvalue weighted by molar-refractivity contribution is 5.97. The number of nitrogens with zero attached hydrogens (tertiary/aromatic N) is 2. The van der Waals surface area contributed by atoms with E-state index in [0.717, 1.165) is 70.7 Å². The molecular formula is C28H42N2O4. The van der Waals surface area contributed by atoms with E-state index in [0.29, 0.717) is 30.9 Å². The highest BCUT2D eigenvalue weighted by Gasteiger charge is 2.36. The number of amides is 2. The number of carbonyl (C=O) groups excluding carboxylic acids is 2. The van der Waals surface area contributed by atoms with Gasteiger partial charge >= 0.3 is 0 Å². The Balaban J connectivity index is 1.47. The first kappa shape index (κ1) is 25.0. The molecule has 0 aromatic heterocycles. The summed E-state index contributed by atoms with van der Waals surface area (Å²) < 4.78 is 11.7. The summed E-state index contributed by atoms with van der Waals surface area (Å²) >= 11 is 0. The molecule has 3 aliphatic heterocycles. The molecule has 0 spiro atoms. The van der Waals surface area contributed by atoms with Crippen LogP contribution in [0.15, 0.2) is 24.3 Å². The van der Waals surface area contributed by atoms with Crippen molar-refractivity contribution in [3.8, 4) is 5.75 Å². The number of methoxy groups -OCH3 is 1. The van der Waals surface area contributed by atoms with Gasteiger partial charge < -0.3 is 19.3 Å². The SMILES string of the molecule is COCC12CCCCN(C(=O)CCC3CCCC3)CCOc3ccccc3C(=O)N(CC1)CC2. The van der Waals surface area contributed by atoms with Gasteiger partial charge in [0.1, 0.15) is 12.4 Å². The Morgan fingerprint density at radius 2 is 1.79 bits per heavy atom. The second kappa shape index (κ2) is 12.1. The summed E-state index contributed by atoms with van der Waals surface area (Å²) in [7, 11) is 1.78. The van der Waals surface area contributed by atoms with E-state index in [1.807, 2.05) is 34.1 Å². The van der Waals surface area contributed by atoms with Gasteiger partial charge in [-0.3, -0.25) is 9.59 Å². The standard InChI is InChI=1S/C28H42N2O4/c1-33-22-28-14-6-7-17-29(26(31)13-12-23-8-2-3-9-23)20-21-34-25-11-5-4-10-24(25)27(32)30(18-15-28)19-16-28/h4-5,10-11,23H,2-3,6-9,12-22H2,1H3. The maximum Gasteiger partial charge on any atom is 0.257 e. The molecule has 1 aliphatic carbocycles. The molecular weight excluding hydrogens is 428 g/mol. The minimum absolute atomic E-state index is 0.0426. The summed E-state index contributed by atoms with van der Waals surface area (Å²) in [6.07, 6.45) is 11.9. The molecule has 2 bridgehead atoms. The molecule has 1 aromatic carbocycles. The van der Waals surface area contributed by atoms with Crippen LogP contribution in [0.5, 0.6) is 5.75 Å². The van der Waals surface area contributed by atoms with E-state index in [9.17, 15) is 9.59 Å². The van der Waals surface area contributed by atoms with Crippen LogP contribution in [0.1, 0.15) is 81.0 Å². The van der Waals surface area contributed by atoms with Gasteiger partial charge in [0, 0.05) is 33.2 Å². The lowest BCUT2D eigenvalue weighted by atomic mass is 9.75. The smallest absolute Gasteiger partial charge is 0.257 e. The molecule has 0 radical (unpaired) electrons. The van der Waals surface area contributed by atoms with Crippen LogP contribution in [-0.4, -0.2) is 68.1 Å². The molecule has 5 rings (SSSR count). The van der Waals surface area contributed by atoms with Gasteiger partial charge in [0.2, 0.25) is 5.91 Å². The summed E-state index contributed by atoms with van der Waals surface area (Å²) in [5, 5.41) is 0. The number of piperidine rings is 1. The monoisotopic (exact) mass is 470 g/mol. The molecule has 0 N–H and O–H groups in total. The van der Waals surface area contributed by atoms with Crippen molar-refractivity contribution in [3.63, 3.8) is 0 Å². The molecule has 1 saturated carbocycles. The van der Waals surface area contributed by atoms with Gasteiger partial charge in [0.25, 0.3) is 5.91 Å². The Morgan fingerprint density at radius 3 is 2.56 bits per heavy atom. The Kier molecular flexibility index (Phi) is 8.87. The first-order valence-electron chi connectivity index (χ1n) is 13.4. The third kappa shape index (κ3) is 6.32. The zero-order valence-corrected chi connectivity index (χ0v) is 20.9. The lowest BCUT2D eigenvalue weighted by Crippen LogP contribution is -2.45. The first-order valence-corrected chi connectivity index (χ1v) is 13.4. The van der Waals surface area contributed by atoms with Gasteiger partial charge in [-0.2, -0.15) is 0 Å². The normalized spacial score (nSPS) is 22.1. The average molecular weight is 471 g/mol. The molecule has 6 heteroatoms. The largest absolute Gasteiger partial charge is 0.491 e. The number of hydrogen-bond donors (Lipinski definition) is 0. The van der Waals surface area contributed by atoms with Crippen molar-refractivity contribution in [2.24, 2.45) is 11.3 Å². The Hall–Kier alpha value is -2.08. The number of ether oxygens (including phenoxy) is 2. The fraction of sp³-hybridized carbons (Fsp3) is 0.714. The van der Waals surface area contributed by atoms with E-state index < -0.39 is 0 Å². The van der Waals surface area contributed by atoms with E-state index in [1.165, 1.54) is 25.7 Å². The van der Waals surface area contributed by atoms with Crippen LogP contribution in [0.4, 0.5) is 0 Å². The number of carbonyl (C=O) groups is 2. The molecule has 1 aromatic rings. The third-order valence-electron chi connectivity index (χ3n) is 8.28. The Morgan fingerprint density at radius 1 is 1.03 bits per heavy atom. The molecule has 0 unspecified atom stereocenters. The zero-order chi connectivity index (χ0) is 23.8. The van der Waals surface area contributed by atoms with E-state index in [2.05, 4.69) is 0 Å². The minimum atomic E-state index is 0.0426. The van der Waals surface area contributed by atoms with Crippen molar-refractivity contribution < 1.29 is 19.1 Å². The topological polar surface area (TPSA) is 59.1 Å². The number of rotatable bonds is 5. The fourth-order valence-corrected chi connectivity index (χ4v) is 6.11. The van der Waals surface area contributed by atoms with Crippen LogP contribution in [0.3, 0.4) is 0 Å². The summed E-state index contributed by atoms with van der Waals surface area (Å²) in [6.45, 7) is 4.00. The fourth-order valence-electron chi connectivity index (χ4n) is 6.11. The highest BCUT2D eigenvalue weighted by Crippen LogP contribution is 2.38. The van der Waals surface area contributed by atoms with Crippen LogP contribution in [0.2, 0.25) is 0 Å². The molecule has 6 nitrogen and oxygen atoms in total. The summed E-state index contributed by atoms with van der Waals surface area (Å²) in [6, 6.07) is 7.53. The van der Waals surface area contributed by atoms with Crippen LogP contribution in [0, 0.1) is 11.3 Å². The van der Waals surface area contributed by atoms with Gasteiger partial charge in [-0.15, -0.1) is 0 Å². The Bertz CT molecular complexity index is 812. The van der Waals surface area contributed by atoms with Crippen LogP contribution in [0.25, 0.3) is 0 Å². The maximum atomic E-state index is 13.3. The predicted molar refractivity (Wildman–Crippen MR) is 133 cm³/mol. The summed E-state index contributed by atoms with van der Waals surface area (Å²) in [5.41, 5.74) is 0.745. The molecule has 188 valence electrons. The predicted octanol–water partition coefficient (Wildman–Crippen LogP) is 4.92. The summed E-state index contributed by atoms with van der Waals surface area (Å²) in [4.78, 5) is 30.4. The lowest BCUT2D eigenvalue weighted by Gasteiger charge is -2.41. The quantitative estimate of drug-likeness (QED) is 0.613. The highest BCUT2D eigenvalue weighted by atomic mass is 16.5. The molecule has 2 amide bonds. The second-order valence-electron chi connectivity index (χ2n) is 10.6. The van der Waals surface area contributed by atoms with Gasteiger partial charge in [-0.05, 0) is 55.6 Å². The number of fused-ring (bicyclic) bond motifs is 9. The van der Waals surface area contributed by atoms with Crippen molar-refractivity contribution >= 4 is 11.8 Å². The number of para-hydroxylation sites is 1. The minimum Gasteiger partial charge on any atom is -0.491 e. The van der Waals surface area contributed by atoms with Crippen LogP contribution < -0.4 is 4.74 Å². The van der Waals surface area contributed by atoms with Crippen molar-refractivity contribution in [2.75, 3.05) is 46.5 Å². The van der Waals surface area contributed by atoms with E-state index in [4.69, 9.17) is 9.47 Å². The van der Waals surface area contributed by atoms with Gasteiger partial charge in [0.15, 0.2) is 0 Å². The van der Waals surface area contributed by atoms with Crippen molar-refractivity contribution in [2.45, 2.75) is 70.6 Å². The van der Waals surface area contributed by atoms with Crippen LogP contribution in [-0.2, 0) is 9.53 Å². The molecule has 34 heavy (non-hydrogen) atoms. The third-order valence-corrected chi connectivity index (χ3v) is 8.28. The van der Waals surface area contributed by atoms with Crippen LogP contribution >= 0.6 is 0 Å². The zero-order valence-electron chi connectivity index (χ0n) is 20.9. The van der Waals surface area contributed by atoms with E-state index >= 15 is 0 Å². The Labute approximate surface area is 205 Å². The summed E-state index contributed by atoms with van der Waals surface area (Å²) in [5.74, 6) is 1.64. The van der Waals surface area contributed by atoms with Crippen molar-refractivity contribution in [1.29, 1.82) is 0 Å². The van der Waals surface area contributed by atoms with E-state index in [1.54, 1.807) is 7.11 Å². The second-order valence-corrected chi connectivity index (χ2v) is 10.6. The van der Waals surface area contributed by atoms with Crippen molar-refractivity contribution in [1.82, 2.24) is 9.80 Å². The molecule has 0 atom stereocenters. The number of benzene rings is 1. The average Bonchev–Trinajstić information content (AvgIpc) is 3.38. The lowest BCUT2D eigenvalue weighted by molar-refractivity contribution is -0.132. The van der Waals surface area contributed by atoms with Gasteiger partial charge in [0.05, 0.1) is 18.7 Å². The van der Waals surface area contributed by atoms with Crippen molar-refractivity contribution in [3.05, 3.63) is 29.8 Å². The first-order chi connectivity index (χ1) is 16.6. The molecule has 4 aliphatic rings. The van der Waals surface area contributed by atoms with Gasteiger partial charge in [-0.1, -0.05) is 44.2 Å². The molecule has 2 fully saturated rings. The van der Waals surface area contributed by atoms with E-state index in [-0.39, 0.29) is 17.2 Å². The maximum absolute atomic E-state index is 13.3.